The van der Waals surface area contributed by atoms with E-state index in [9.17, 15) is 4.79 Å². The first-order chi connectivity index (χ1) is 5.89. The molecule has 0 heterocycles. The van der Waals surface area contributed by atoms with Gasteiger partial charge in [0.05, 0.1) is 0 Å². The minimum atomic E-state index is -0.244. The highest BCUT2D eigenvalue weighted by molar-refractivity contribution is 5.81. The Morgan fingerprint density at radius 3 is 2.31 bits per heavy atom. The molecule has 2 nitrogen and oxygen atoms in total. The van der Waals surface area contributed by atoms with Gasteiger partial charge in [-0.15, -0.1) is 0 Å². The van der Waals surface area contributed by atoms with Crippen molar-refractivity contribution in [1.82, 2.24) is 5.32 Å². The third-order valence-electron chi connectivity index (χ3n) is 2.71. The van der Waals surface area contributed by atoms with Crippen molar-refractivity contribution in [3.05, 3.63) is 0 Å². The van der Waals surface area contributed by atoms with Gasteiger partial charge in [0.15, 0.2) is 0 Å². The highest BCUT2D eigenvalue weighted by atomic mass is 16.2. The molecule has 2 heteroatoms. The second kappa shape index (κ2) is 3.69. The van der Waals surface area contributed by atoms with Gasteiger partial charge in [-0.25, -0.2) is 0 Å². The third-order valence-corrected chi connectivity index (χ3v) is 2.71. The molecule has 0 spiro atoms. The van der Waals surface area contributed by atoms with Crippen LogP contribution in [0, 0.1) is 11.3 Å². The Hall–Kier alpha value is -0.530. The van der Waals surface area contributed by atoms with Crippen molar-refractivity contribution in [2.75, 3.05) is 0 Å². The maximum Gasteiger partial charge on any atom is 0.225 e. The van der Waals surface area contributed by atoms with Gasteiger partial charge in [0, 0.05) is 11.5 Å². The number of nitrogens with one attached hydrogen (secondary N) is 1. The molecule has 1 aliphatic carbocycles. The van der Waals surface area contributed by atoms with E-state index >= 15 is 0 Å². The van der Waals surface area contributed by atoms with Gasteiger partial charge in [0.2, 0.25) is 5.91 Å². The maximum atomic E-state index is 11.6. The van der Waals surface area contributed by atoms with E-state index in [1.165, 1.54) is 6.42 Å². The van der Waals surface area contributed by atoms with Crippen molar-refractivity contribution < 1.29 is 4.79 Å². The van der Waals surface area contributed by atoms with Gasteiger partial charge >= 0.3 is 0 Å². The normalized spacial score (nSPS) is 28.9. The first kappa shape index (κ1) is 10.6. The minimum Gasteiger partial charge on any atom is -0.353 e. The molecule has 0 radical (unpaired) electrons. The predicted molar refractivity (Wildman–Crippen MR) is 54.4 cm³/mol. The smallest absolute Gasteiger partial charge is 0.225 e. The van der Waals surface area contributed by atoms with Crippen LogP contribution < -0.4 is 5.32 Å². The van der Waals surface area contributed by atoms with Crippen molar-refractivity contribution in [3.8, 4) is 0 Å². The lowest BCUT2D eigenvalue weighted by Crippen LogP contribution is -2.40. The molecule has 0 aromatic rings. The average Bonchev–Trinajstić information content (AvgIpc) is 2.33. The number of amides is 1. The summed E-state index contributed by atoms with van der Waals surface area (Å²) >= 11 is 0. The standard InChI is InChI=1S/C11H21NO/c1-8-5-6-9(7-8)12-10(13)11(2,3)4/h8-9H,5-7H2,1-4H3,(H,12,13). The molecule has 1 N–H and O–H groups in total. The van der Waals surface area contributed by atoms with Crippen LogP contribution in [0.2, 0.25) is 0 Å². The molecule has 1 rings (SSSR count). The van der Waals surface area contributed by atoms with Crippen LogP contribution in [-0.4, -0.2) is 11.9 Å². The Labute approximate surface area is 81.1 Å². The first-order valence-corrected chi connectivity index (χ1v) is 5.20. The van der Waals surface area contributed by atoms with Gasteiger partial charge in [-0.2, -0.15) is 0 Å². The number of carbonyl (C=O) groups excluding carboxylic acids is 1. The van der Waals surface area contributed by atoms with Crippen molar-refractivity contribution >= 4 is 5.91 Å². The highest BCUT2D eigenvalue weighted by Crippen LogP contribution is 2.25. The first-order valence-electron chi connectivity index (χ1n) is 5.20. The summed E-state index contributed by atoms with van der Waals surface area (Å²) in [5, 5.41) is 3.11. The van der Waals surface area contributed by atoms with Crippen LogP contribution in [0.3, 0.4) is 0 Å². The summed E-state index contributed by atoms with van der Waals surface area (Å²) in [7, 11) is 0. The lowest BCUT2D eigenvalue weighted by Gasteiger charge is -2.21. The molecule has 1 amide bonds. The van der Waals surface area contributed by atoms with E-state index < -0.39 is 0 Å². The Bertz CT molecular complexity index is 193. The fourth-order valence-corrected chi connectivity index (χ4v) is 1.74. The van der Waals surface area contributed by atoms with E-state index in [2.05, 4.69) is 12.2 Å². The monoisotopic (exact) mass is 183 g/mol. The van der Waals surface area contributed by atoms with Crippen LogP contribution in [-0.2, 0) is 4.79 Å². The van der Waals surface area contributed by atoms with Gasteiger partial charge in [-0.1, -0.05) is 27.7 Å². The Kier molecular flexibility index (Phi) is 2.99. The molecule has 1 saturated carbocycles. The lowest BCUT2D eigenvalue weighted by molar-refractivity contribution is -0.129. The molecule has 1 aliphatic rings. The van der Waals surface area contributed by atoms with Crippen molar-refractivity contribution in [1.29, 1.82) is 0 Å². The maximum absolute atomic E-state index is 11.6. The summed E-state index contributed by atoms with van der Waals surface area (Å²) in [6.07, 6.45) is 3.57. The van der Waals surface area contributed by atoms with Crippen molar-refractivity contribution in [2.45, 2.75) is 53.0 Å². The quantitative estimate of drug-likeness (QED) is 0.664. The van der Waals surface area contributed by atoms with E-state index in [1.54, 1.807) is 0 Å². The lowest BCUT2D eigenvalue weighted by atomic mass is 9.95. The fraction of sp³-hybridized carbons (Fsp3) is 0.909. The van der Waals surface area contributed by atoms with Crippen LogP contribution in [0.1, 0.15) is 47.0 Å². The second-order valence-corrected chi connectivity index (χ2v) is 5.34. The van der Waals surface area contributed by atoms with Gasteiger partial charge in [0.1, 0.15) is 0 Å². The molecular formula is C11H21NO. The fourth-order valence-electron chi connectivity index (χ4n) is 1.74. The number of rotatable bonds is 1. The number of carbonyl (C=O) groups is 1. The topological polar surface area (TPSA) is 29.1 Å². The van der Waals surface area contributed by atoms with Crippen LogP contribution in [0.25, 0.3) is 0 Å². The largest absolute Gasteiger partial charge is 0.353 e. The molecule has 1 fully saturated rings. The molecule has 0 aliphatic heterocycles. The zero-order valence-corrected chi connectivity index (χ0v) is 9.18. The zero-order valence-electron chi connectivity index (χ0n) is 9.18. The summed E-state index contributed by atoms with van der Waals surface area (Å²) in [6.45, 7) is 8.13. The van der Waals surface area contributed by atoms with Gasteiger partial charge in [-0.05, 0) is 25.2 Å². The average molecular weight is 183 g/mol. The van der Waals surface area contributed by atoms with Gasteiger partial charge in [-0.3, -0.25) is 4.79 Å². The van der Waals surface area contributed by atoms with Gasteiger partial charge in [0.25, 0.3) is 0 Å². The van der Waals surface area contributed by atoms with E-state index in [1.807, 2.05) is 20.8 Å². The molecule has 0 bridgehead atoms. The zero-order chi connectivity index (χ0) is 10.1. The molecule has 76 valence electrons. The molecule has 2 atom stereocenters. The Morgan fingerprint density at radius 2 is 1.92 bits per heavy atom. The summed E-state index contributed by atoms with van der Waals surface area (Å²) < 4.78 is 0. The van der Waals surface area contributed by atoms with E-state index in [0.29, 0.717) is 6.04 Å². The highest BCUT2D eigenvalue weighted by Gasteiger charge is 2.27. The summed E-state index contributed by atoms with van der Waals surface area (Å²) in [6, 6.07) is 0.432. The van der Waals surface area contributed by atoms with Crippen LogP contribution in [0.15, 0.2) is 0 Å². The van der Waals surface area contributed by atoms with E-state index in [-0.39, 0.29) is 11.3 Å². The van der Waals surface area contributed by atoms with Crippen LogP contribution in [0.5, 0.6) is 0 Å². The summed E-state index contributed by atoms with van der Waals surface area (Å²) in [5.74, 6) is 0.969. The third kappa shape index (κ3) is 3.02. The number of hydrogen-bond acceptors (Lipinski definition) is 1. The SMILES string of the molecule is CC1CCC(NC(=O)C(C)(C)C)C1. The molecule has 0 aromatic heterocycles. The number of hydrogen-bond donors (Lipinski definition) is 1. The van der Waals surface area contributed by atoms with Gasteiger partial charge < -0.3 is 5.32 Å². The summed E-state index contributed by atoms with van der Waals surface area (Å²) in [4.78, 5) is 11.6. The minimum absolute atomic E-state index is 0.187. The van der Waals surface area contributed by atoms with Crippen molar-refractivity contribution in [3.63, 3.8) is 0 Å². The molecule has 13 heavy (non-hydrogen) atoms. The second-order valence-electron chi connectivity index (χ2n) is 5.34. The Balaban J connectivity index is 2.37. The van der Waals surface area contributed by atoms with Crippen LogP contribution in [0.4, 0.5) is 0 Å². The predicted octanol–water partition coefficient (Wildman–Crippen LogP) is 2.34. The van der Waals surface area contributed by atoms with Crippen molar-refractivity contribution in [2.24, 2.45) is 11.3 Å². The molecule has 2 unspecified atom stereocenters. The van der Waals surface area contributed by atoms with E-state index in [0.717, 1.165) is 18.8 Å². The molecular weight excluding hydrogens is 162 g/mol. The van der Waals surface area contributed by atoms with Crippen LogP contribution >= 0.6 is 0 Å². The Morgan fingerprint density at radius 1 is 1.31 bits per heavy atom. The van der Waals surface area contributed by atoms with E-state index in [4.69, 9.17) is 0 Å². The molecule has 0 aromatic carbocycles. The summed E-state index contributed by atoms with van der Waals surface area (Å²) in [5.41, 5.74) is -0.244. The molecule has 0 saturated heterocycles.